The molecule has 14 heavy (non-hydrogen) atoms. The summed E-state index contributed by atoms with van der Waals surface area (Å²) in [5, 5.41) is 5.03. The molecule has 5 nitrogen and oxygen atoms in total. The quantitative estimate of drug-likeness (QED) is 0.715. The molecule has 1 aliphatic rings. The molecule has 1 rings (SSSR count). The Morgan fingerprint density at radius 2 is 2.50 bits per heavy atom. The highest BCUT2D eigenvalue weighted by Crippen LogP contribution is 2.07. The zero-order valence-electron chi connectivity index (χ0n) is 8.82. The van der Waals surface area contributed by atoms with Gasteiger partial charge in [0, 0.05) is 13.1 Å². The van der Waals surface area contributed by atoms with Crippen LogP contribution in [0.3, 0.4) is 0 Å². The number of hydrazine groups is 1. The summed E-state index contributed by atoms with van der Waals surface area (Å²) in [6, 6.07) is 0. The van der Waals surface area contributed by atoms with Crippen LogP contribution in [0.25, 0.3) is 0 Å². The van der Waals surface area contributed by atoms with Crippen LogP contribution in [0.15, 0.2) is 9.98 Å². The van der Waals surface area contributed by atoms with E-state index in [4.69, 9.17) is 0 Å². The molecule has 0 aromatic heterocycles. The molecule has 0 saturated heterocycles. The maximum atomic E-state index is 4.35. The van der Waals surface area contributed by atoms with E-state index in [-0.39, 0.29) is 5.50 Å². The van der Waals surface area contributed by atoms with Crippen molar-refractivity contribution in [2.45, 2.75) is 19.3 Å². The van der Waals surface area contributed by atoms with Crippen LogP contribution < -0.4 is 10.7 Å². The minimum absolute atomic E-state index is 0.0789. The SMILES string of the molecule is CCN=C1NC(SC)N=CN1NCC. The van der Waals surface area contributed by atoms with Gasteiger partial charge in [0.05, 0.1) is 0 Å². The smallest absolute Gasteiger partial charge is 0.216 e. The van der Waals surface area contributed by atoms with Crippen LogP contribution >= 0.6 is 11.8 Å². The van der Waals surface area contributed by atoms with Gasteiger partial charge in [-0.2, -0.15) is 0 Å². The van der Waals surface area contributed by atoms with E-state index in [9.17, 15) is 0 Å². The highest BCUT2D eigenvalue weighted by atomic mass is 32.2. The highest BCUT2D eigenvalue weighted by Gasteiger charge is 2.17. The Kier molecular flexibility index (Phi) is 4.75. The predicted molar refractivity (Wildman–Crippen MR) is 62.4 cm³/mol. The summed E-state index contributed by atoms with van der Waals surface area (Å²) >= 11 is 1.65. The molecule has 0 spiro atoms. The summed E-state index contributed by atoms with van der Waals surface area (Å²) in [4.78, 5) is 8.64. The number of nitrogens with zero attached hydrogens (tertiary/aromatic N) is 3. The summed E-state index contributed by atoms with van der Waals surface area (Å²) in [6.45, 7) is 5.66. The van der Waals surface area contributed by atoms with Gasteiger partial charge < -0.3 is 5.32 Å². The number of thioether (sulfide) groups is 1. The lowest BCUT2D eigenvalue weighted by molar-refractivity contribution is 0.436. The van der Waals surface area contributed by atoms with Crippen molar-refractivity contribution in [2.75, 3.05) is 19.3 Å². The van der Waals surface area contributed by atoms with Gasteiger partial charge in [-0.3, -0.25) is 4.99 Å². The van der Waals surface area contributed by atoms with Crippen molar-refractivity contribution in [1.29, 1.82) is 0 Å². The van der Waals surface area contributed by atoms with E-state index in [0.29, 0.717) is 0 Å². The molecule has 80 valence electrons. The topological polar surface area (TPSA) is 52.0 Å². The first kappa shape index (κ1) is 11.3. The summed E-state index contributed by atoms with van der Waals surface area (Å²) < 4.78 is 0. The zero-order valence-corrected chi connectivity index (χ0v) is 9.64. The van der Waals surface area contributed by atoms with Crippen molar-refractivity contribution in [3.05, 3.63) is 0 Å². The maximum absolute atomic E-state index is 4.35. The van der Waals surface area contributed by atoms with Crippen molar-refractivity contribution in [2.24, 2.45) is 9.98 Å². The Morgan fingerprint density at radius 1 is 1.71 bits per heavy atom. The lowest BCUT2D eigenvalue weighted by atomic mass is 10.7. The number of aliphatic imine (C=N–C) groups is 2. The second kappa shape index (κ2) is 5.87. The van der Waals surface area contributed by atoms with Crippen LogP contribution in [0, 0.1) is 0 Å². The number of hydrogen-bond donors (Lipinski definition) is 2. The van der Waals surface area contributed by atoms with E-state index >= 15 is 0 Å². The molecule has 1 heterocycles. The molecule has 0 aromatic rings. The van der Waals surface area contributed by atoms with E-state index in [0.717, 1.165) is 19.0 Å². The van der Waals surface area contributed by atoms with Crippen molar-refractivity contribution < 1.29 is 0 Å². The molecule has 0 aromatic carbocycles. The van der Waals surface area contributed by atoms with Gasteiger partial charge in [0.1, 0.15) is 6.34 Å². The van der Waals surface area contributed by atoms with E-state index < -0.39 is 0 Å². The highest BCUT2D eigenvalue weighted by molar-refractivity contribution is 7.99. The van der Waals surface area contributed by atoms with Crippen molar-refractivity contribution in [1.82, 2.24) is 15.8 Å². The fraction of sp³-hybridized carbons (Fsp3) is 0.750. The summed E-state index contributed by atoms with van der Waals surface area (Å²) in [7, 11) is 0. The maximum Gasteiger partial charge on any atom is 0.216 e. The predicted octanol–water partition coefficient (Wildman–Crippen LogP) is 0.467. The largest absolute Gasteiger partial charge is 0.324 e. The van der Waals surface area contributed by atoms with E-state index in [2.05, 4.69) is 20.7 Å². The fourth-order valence-electron chi connectivity index (χ4n) is 1.08. The van der Waals surface area contributed by atoms with Crippen molar-refractivity contribution in [3.8, 4) is 0 Å². The molecular formula is C8H17N5S. The van der Waals surface area contributed by atoms with Gasteiger partial charge in [-0.15, -0.1) is 11.8 Å². The van der Waals surface area contributed by atoms with Gasteiger partial charge in [-0.05, 0) is 13.2 Å². The van der Waals surface area contributed by atoms with Gasteiger partial charge in [0.25, 0.3) is 0 Å². The number of nitrogens with one attached hydrogen (secondary N) is 2. The number of guanidine groups is 1. The third kappa shape index (κ3) is 2.88. The molecule has 0 aliphatic carbocycles. The van der Waals surface area contributed by atoms with Gasteiger partial charge in [-0.25, -0.2) is 15.4 Å². The fourth-order valence-corrected chi connectivity index (χ4v) is 1.48. The Bertz CT molecular complexity index is 228. The molecule has 2 N–H and O–H groups in total. The second-order valence-electron chi connectivity index (χ2n) is 2.68. The third-order valence-corrected chi connectivity index (χ3v) is 2.34. The van der Waals surface area contributed by atoms with E-state index in [1.807, 2.05) is 25.1 Å². The van der Waals surface area contributed by atoms with Crippen LogP contribution in [0.5, 0.6) is 0 Å². The second-order valence-corrected chi connectivity index (χ2v) is 3.59. The average molecular weight is 215 g/mol. The molecule has 0 fully saturated rings. The summed E-state index contributed by atoms with van der Waals surface area (Å²) in [6.07, 6.45) is 3.79. The zero-order chi connectivity index (χ0) is 10.4. The molecule has 1 unspecified atom stereocenters. The first-order valence-electron chi connectivity index (χ1n) is 4.71. The van der Waals surface area contributed by atoms with Gasteiger partial charge in [0.15, 0.2) is 5.50 Å². The lowest BCUT2D eigenvalue weighted by Gasteiger charge is -2.29. The Labute approximate surface area is 89.0 Å². The number of rotatable bonds is 4. The molecule has 0 radical (unpaired) electrons. The van der Waals surface area contributed by atoms with E-state index in [1.165, 1.54) is 0 Å². The van der Waals surface area contributed by atoms with Crippen LogP contribution in [0.4, 0.5) is 0 Å². The average Bonchev–Trinajstić information content (AvgIpc) is 2.21. The summed E-state index contributed by atoms with van der Waals surface area (Å²) in [5.41, 5.74) is 3.22. The Hall–Kier alpha value is -0.750. The summed E-state index contributed by atoms with van der Waals surface area (Å²) in [5.74, 6) is 0.837. The van der Waals surface area contributed by atoms with Crippen LogP contribution in [-0.2, 0) is 0 Å². The van der Waals surface area contributed by atoms with Crippen molar-refractivity contribution >= 4 is 24.1 Å². The molecule has 6 heteroatoms. The van der Waals surface area contributed by atoms with Crippen LogP contribution in [0.2, 0.25) is 0 Å². The number of hydrogen-bond acceptors (Lipinski definition) is 4. The van der Waals surface area contributed by atoms with E-state index in [1.54, 1.807) is 18.1 Å². The molecule has 0 bridgehead atoms. The van der Waals surface area contributed by atoms with Gasteiger partial charge in [0.2, 0.25) is 5.96 Å². The van der Waals surface area contributed by atoms with Crippen molar-refractivity contribution in [3.63, 3.8) is 0 Å². The lowest BCUT2D eigenvalue weighted by Crippen LogP contribution is -2.53. The molecule has 1 atom stereocenters. The molecule has 0 amide bonds. The first-order valence-corrected chi connectivity index (χ1v) is 6.00. The molecule has 1 aliphatic heterocycles. The Balaban J connectivity index is 2.68. The minimum atomic E-state index is 0.0789. The van der Waals surface area contributed by atoms with Crippen LogP contribution in [0.1, 0.15) is 13.8 Å². The Morgan fingerprint density at radius 3 is 3.07 bits per heavy atom. The normalized spacial score (nSPS) is 24.1. The molecule has 0 saturated carbocycles. The van der Waals surface area contributed by atoms with Gasteiger partial charge >= 0.3 is 0 Å². The third-order valence-electron chi connectivity index (χ3n) is 1.66. The standard InChI is InChI=1S/C8H17N5S/c1-4-9-7-12-8(14-3)10-6-13(7)11-5-2/h6,8,11H,4-5H2,1-3H3,(H,9,12). The first-order chi connectivity index (χ1) is 6.81. The minimum Gasteiger partial charge on any atom is -0.324 e. The van der Waals surface area contributed by atoms with Gasteiger partial charge in [-0.1, -0.05) is 6.92 Å². The monoisotopic (exact) mass is 215 g/mol. The molecular weight excluding hydrogens is 198 g/mol. The van der Waals surface area contributed by atoms with Crippen LogP contribution in [-0.4, -0.2) is 42.2 Å².